The minimum Gasteiger partial charge on any atom is -0.352 e. The molecule has 0 aliphatic heterocycles. The number of hydrogen-bond donors (Lipinski definition) is 1. The van der Waals surface area contributed by atoms with Crippen LogP contribution in [0.3, 0.4) is 0 Å². The molecule has 2 aromatic carbocycles. The zero-order chi connectivity index (χ0) is 26.2. The Morgan fingerprint density at radius 2 is 1.60 bits per heavy atom. The van der Waals surface area contributed by atoms with Crippen LogP contribution < -0.4 is 9.62 Å². The number of nitrogens with one attached hydrogen (secondary N) is 1. The van der Waals surface area contributed by atoms with Gasteiger partial charge in [0.15, 0.2) is 0 Å². The molecule has 1 N–H and O–H groups in total. The molecule has 0 saturated heterocycles. The van der Waals surface area contributed by atoms with Crippen LogP contribution in [0.25, 0.3) is 0 Å². The Hall–Kier alpha value is -2.98. The monoisotopic (exact) mass is 506 g/mol. The third kappa shape index (κ3) is 7.76. The summed E-state index contributed by atoms with van der Waals surface area (Å²) in [6.07, 6.45) is 0.852. The lowest BCUT2D eigenvalue weighted by Crippen LogP contribution is -2.54. The van der Waals surface area contributed by atoms with Gasteiger partial charge in [-0.15, -0.1) is 0 Å². The minimum absolute atomic E-state index is 0.118. The van der Waals surface area contributed by atoms with E-state index in [1.165, 1.54) is 31.1 Å². The summed E-state index contributed by atoms with van der Waals surface area (Å²) in [4.78, 5) is 28.0. The summed E-state index contributed by atoms with van der Waals surface area (Å²) in [7, 11) is -1.36. The fourth-order valence-corrected chi connectivity index (χ4v) is 4.66. The number of benzene rings is 2. The number of rotatable bonds is 12. The highest BCUT2D eigenvalue weighted by Crippen LogP contribution is 2.21. The molecule has 8 nitrogen and oxygen atoms in total. The van der Waals surface area contributed by atoms with Crippen molar-refractivity contribution in [1.82, 2.24) is 14.5 Å². The Morgan fingerprint density at radius 1 is 1.00 bits per heavy atom. The van der Waals surface area contributed by atoms with Gasteiger partial charge < -0.3 is 10.2 Å². The van der Waals surface area contributed by atoms with E-state index in [2.05, 4.69) is 5.32 Å². The van der Waals surface area contributed by atoms with Gasteiger partial charge in [-0.05, 0) is 56.5 Å². The molecule has 0 fully saturated rings. The van der Waals surface area contributed by atoms with Crippen LogP contribution in [0.15, 0.2) is 54.6 Å². The summed E-state index contributed by atoms with van der Waals surface area (Å²) >= 11 is 0. The molecule has 35 heavy (non-hydrogen) atoms. The zero-order valence-corrected chi connectivity index (χ0v) is 21.8. The van der Waals surface area contributed by atoms with Crippen LogP contribution in [0.5, 0.6) is 0 Å². The molecule has 10 heteroatoms. The highest BCUT2D eigenvalue weighted by Gasteiger charge is 2.33. The standard InChI is InChI=1S/C25H35FN4O4S/c1-6-23(25(32)27-19(2)3)29(17-16-20-10-8-7-9-11-20)24(31)18-30(35(33,34)28(4)5)22-14-12-21(26)13-15-22/h7-15,19,23H,6,16-18H2,1-5H3,(H,27,32). The van der Waals surface area contributed by atoms with Crippen LogP contribution in [0.2, 0.25) is 0 Å². The lowest BCUT2D eigenvalue weighted by Gasteiger charge is -2.34. The van der Waals surface area contributed by atoms with E-state index in [4.69, 9.17) is 0 Å². The second-order valence-electron chi connectivity index (χ2n) is 8.68. The first-order valence-corrected chi connectivity index (χ1v) is 13.0. The molecule has 1 atom stereocenters. The highest BCUT2D eigenvalue weighted by atomic mass is 32.2. The average molecular weight is 507 g/mol. The quantitative estimate of drug-likeness (QED) is 0.479. The Bertz CT molecular complexity index is 1080. The molecular formula is C25H35FN4O4S. The van der Waals surface area contributed by atoms with Gasteiger partial charge in [0.2, 0.25) is 11.8 Å². The molecule has 0 saturated carbocycles. The minimum atomic E-state index is -4.08. The molecule has 0 bridgehead atoms. The van der Waals surface area contributed by atoms with Crippen LogP contribution in [-0.2, 0) is 26.2 Å². The van der Waals surface area contributed by atoms with Crippen molar-refractivity contribution in [3.8, 4) is 0 Å². The number of halogens is 1. The molecule has 0 heterocycles. The van der Waals surface area contributed by atoms with E-state index >= 15 is 0 Å². The lowest BCUT2D eigenvalue weighted by atomic mass is 10.1. The fraction of sp³-hybridized carbons (Fsp3) is 0.440. The zero-order valence-electron chi connectivity index (χ0n) is 20.9. The molecule has 2 aromatic rings. The number of nitrogens with zero attached hydrogens (tertiary/aromatic N) is 3. The Morgan fingerprint density at radius 3 is 2.11 bits per heavy atom. The molecule has 0 aliphatic rings. The summed E-state index contributed by atoms with van der Waals surface area (Å²) in [6.45, 7) is 5.17. The van der Waals surface area contributed by atoms with Crippen molar-refractivity contribution in [2.45, 2.75) is 45.7 Å². The first-order chi connectivity index (χ1) is 16.5. The summed E-state index contributed by atoms with van der Waals surface area (Å²) in [5, 5.41) is 2.85. The number of carbonyl (C=O) groups is 2. The van der Waals surface area contributed by atoms with Gasteiger partial charge in [0.25, 0.3) is 0 Å². The Kier molecular flexibility index (Phi) is 10.2. The van der Waals surface area contributed by atoms with E-state index in [1.807, 2.05) is 51.1 Å². The van der Waals surface area contributed by atoms with Crippen LogP contribution >= 0.6 is 0 Å². The third-order valence-electron chi connectivity index (χ3n) is 5.43. The van der Waals surface area contributed by atoms with Gasteiger partial charge in [0.1, 0.15) is 18.4 Å². The van der Waals surface area contributed by atoms with Crippen molar-refractivity contribution < 1.29 is 22.4 Å². The maximum atomic E-state index is 13.6. The van der Waals surface area contributed by atoms with Gasteiger partial charge in [0, 0.05) is 26.7 Å². The van der Waals surface area contributed by atoms with Gasteiger partial charge in [-0.2, -0.15) is 12.7 Å². The molecule has 1 unspecified atom stereocenters. The maximum absolute atomic E-state index is 13.6. The second kappa shape index (κ2) is 12.6. The van der Waals surface area contributed by atoms with Crippen molar-refractivity contribution in [2.24, 2.45) is 0 Å². The smallest absolute Gasteiger partial charge is 0.304 e. The lowest BCUT2D eigenvalue weighted by molar-refractivity contribution is -0.139. The van der Waals surface area contributed by atoms with Crippen LogP contribution in [0, 0.1) is 5.82 Å². The Balaban J connectivity index is 2.42. The first-order valence-electron chi connectivity index (χ1n) is 11.6. The summed E-state index contributed by atoms with van der Waals surface area (Å²) in [5.74, 6) is -1.35. The normalized spacial score (nSPS) is 12.5. The second-order valence-corrected chi connectivity index (χ2v) is 10.8. The van der Waals surface area contributed by atoms with E-state index in [1.54, 1.807) is 0 Å². The molecule has 0 radical (unpaired) electrons. The topological polar surface area (TPSA) is 90.0 Å². The fourth-order valence-electron chi connectivity index (χ4n) is 3.60. The van der Waals surface area contributed by atoms with Crippen LogP contribution in [0.1, 0.15) is 32.8 Å². The highest BCUT2D eigenvalue weighted by molar-refractivity contribution is 7.90. The molecule has 192 valence electrons. The van der Waals surface area contributed by atoms with Crippen molar-refractivity contribution in [2.75, 3.05) is 31.5 Å². The summed E-state index contributed by atoms with van der Waals surface area (Å²) in [6, 6.07) is 13.5. The number of carbonyl (C=O) groups excluding carboxylic acids is 2. The molecule has 0 aliphatic carbocycles. The first kappa shape index (κ1) is 28.3. The summed E-state index contributed by atoms with van der Waals surface area (Å²) in [5.41, 5.74) is 1.14. The van der Waals surface area contributed by atoms with Crippen molar-refractivity contribution >= 4 is 27.7 Å². The SMILES string of the molecule is CCC(C(=O)NC(C)C)N(CCc1ccccc1)C(=O)CN(c1ccc(F)cc1)S(=O)(=O)N(C)C. The largest absolute Gasteiger partial charge is 0.352 e. The van der Waals surface area contributed by atoms with E-state index < -0.39 is 34.5 Å². The number of amides is 2. The molecule has 2 rings (SSSR count). The molecule has 0 spiro atoms. The van der Waals surface area contributed by atoms with Gasteiger partial charge in [-0.1, -0.05) is 37.3 Å². The van der Waals surface area contributed by atoms with Crippen molar-refractivity contribution in [1.29, 1.82) is 0 Å². The molecular weight excluding hydrogens is 471 g/mol. The van der Waals surface area contributed by atoms with Crippen molar-refractivity contribution in [3.05, 3.63) is 66.0 Å². The Labute approximate surface area is 207 Å². The van der Waals surface area contributed by atoms with E-state index in [-0.39, 0.29) is 24.2 Å². The predicted molar refractivity (Wildman–Crippen MR) is 136 cm³/mol. The van der Waals surface area contributed by atoms with Crippen molar-refractivity contribution in [3.63, 3.8) is 0 Å². The van der Waals surface area contributed by atoms with E-state index in [0.29, 0.717) is 12.8 Å². The summed E-state index contributed by atoms with van der Waals surface area (Å²) < 4.78 is 41.6. The van der Waals surface area contributed by atoms with Crippen LogP contribution in [-0.4, -0.2) is 68.7 Å². The molecule has 2 amide bonds. The van der Waals surface area contributed by atoms with Crippen LogP contribution in [0.4, 0.5) is 10.1 Å². The number of hydrogen-bond acceptors (Lipinski definition) is 4. The van der Waals surface area contributed by atoms with Gasteiger partial charge in [0.05, 0.1) is 5.69 Å². The number of anilines is 1. The van der Waals surface area contributed by atoms with Gasteiger partial charge in [-0.3, -0.25) is 9.59 Å². The van der Waals surface area contributed by atoms with E-state index in [0.717, 1.165) is 26.3 Å². The average Bonchev–Trinajstić information content (AvgIpc) is 2.80. The van der Waals surface area contributed by atoms with E-state index in [9.17, 15) is 22.4 Å². The molecule has 0 aromatic heterocycles. The van der Waals surface area contributed by atoms with Gasteiger partial charge in [-0.25, -0.2) is 8.70 Å². The predicted octanol–water partition coefficient (Wildman–Crippen LogP) is 2.81. The maximum Gasteiger partial charge on any atom is 0.304 e. The third-order valence-corrected chi connectivity index (χ3v) is 7.25. The van der Waals surface area contributed by atoms with Gasteiger partial charge >= 0.3 is 10.2 Å².